The van der Waals surface area contributed by atoms with Crippen LogP contribution in [-0.2, 0) is 23.7 Å². The van der Waals surface area contributed by atoms with E-state index in [-0.39, 0.29) is 6.61 Å². The first kappa shape index (κ1) is 15.0. The molecule has 0 bridgehead atoms. The van der Waals surface area contributed by atoms with Crippen LogP contribution in [0, 0.1) is 0 Å². The third-order valence-corrected chi connectivity index (χ3v) is 6.48. The second-order valence-electron chi connectivity index (χ2n) is 5.98. The van der Waals surface area contributed by atoms with Crippen molar-refractivity contribution in [2.75, 3.05) is 26.2 Å². The standard InChI is InChI=1S/C14H23N3O3S/c1-15-10-14(8-13(15)11-18)21(19,20)17-7-3-6-16-5-2-4-12(16)9-17/h8,10,12,18H,2-7,9,11H2,1H3. The van der Waals surface area contributed by atoms with Gasteiger partial charge in [-0.2, -0.15) is 4.31 Å². The van der Waals surface area contributed by atoms with Crippen molar-refractivity contribution in [1.82, 2.24) is 13.8 Å². The number of aromatic nitrogens is 1. The van der Waals surface area contributed by atoms with Crippen LogP contribution in [0.2, 0.25) is 0 Å². The number of nitrogens with zero attached hydrogens (tertiary/aromatic N) is 3. The Balaban J connectivity index is 1.86. The summed E-state index contributed by atoms with van der Waals surface area (Å²) in [5.74, 6) is 0. The molecule has 2 saturated heterocycles. The van der Waals surface area contributed by atoms with Crippen LogP contribution in [0.15, 0.2) is 17.2 Å². The number of sulfonamides is 1. The summed E-state index contributed by atoms with van der Waals surface area (Å²) in [4.78, 5) is 2.71. The van der Waals surface area contributed by atoms with Gasteiger partial charge in [0.15, 0.2) is 0 Å². The van der Waals surface area contributed by atoms with Gasteiger partial charge < -0.3 is 9.67 Å². The molecule has 2 fully saturated rings. The number of rotatable bonds is 3. The second-order valence-corrected chi connectivity index (χ2v) is 7.92. The lowest BCUT2D eigenvalue weighted by Gasteiger charge is -2.24. The lowest BCUT2D eigenvalue weighted by molar-refractivity contribution is 0.257. The third-order valence-electron chi connectivity index (χ3n) is 4.65. The van der Waals surface area contributed by atoms with Crippen molar-refractivity contribution in [1.29, 1.82) is 0 Å². The number of aliphatic hydroxyl groups excluding tert-OH is 1. The predicted octanol–water partition coefficient (Wildman–Crippen LogP) is 0.376. The fourth-order valence-corrected chi connectivity index (χ4v) is 5.03. The maximum atomic E-state index is 12.8. The lowest BCUT2D eigenvalue weighted by Crippen LogP contribution is -2.39. The molecular weight excluding hydrogens is 290 g/mol. The summed E-state index contributed by atoms with van der Waals surface area (Å²) >= 11 is 0. The molecule has 21 heavy (non-hydrogen) atoms. The van der Waals surface area contributed by atoms with Gasteiger partial charge >= 0.3 is 0 Å². The summed E-state index contributed by atoms with van der Waals surface area (Å²) in [6, 6.07) is 1.94. The molecule has 3 rings (SSSR count). The average Bonchev–Trinajstić information content (AvgIpc) is 2.99. The number of aliphatic hydroxyl groups is 1. The summed E-state index contributed by atoms with van der Waals surface area (Å²) in [6.45, 7) is 3.11. The molecule has 1 aromatic heterocycles. The fourth-order valence-electron chi connectivity index (χ4n) is 3.42. The molecule has 2 aliphatic heterocycles. The van der Waals surface area contributed by atoms with E-state index in [0.29, 0.717) is 29.7 Å². The van der Waals surface area contributed by atoms with Gasteiger partial charge in [-0.15, -0.1) is 0 Å². The zero-order valence-corrected chi connectivity index (χ0v) is 13.2. The molecule has 0 aromatic carbocycles. The Morgan fingerprint density at radius 1 is 1.29 bits per heavy atom. The first-order chi connectivity index (χ1) is 10.0. The van der Waals surface area contributed by atoms with E-state index in [0.717, 1.165) is 25.9 Å². The van der Waals surface area contributed by atoms with Gasteiger partial charge in [0, 0.05) is 38.1 Å². The number of aryl methyl sites for hydroxylation is 1. The molecule has 0 aliphatic carbocycles. The zero-order chi connectivity index (χ0) is 15.0. The Morgan fingerprint density at radius 2 is 2.05 bits per heavy atom. The minimum atomic E-state index is -3.46. The average molecular weight is 313 g/mol. The lowest BCUT2D eigenvalue weighted by atomic mass is 10.2. The number of hydrogen-bond acceptors (Lipinski definition) is 4. The highest BCUT2D eigenvalue weighted by Gasteiger charge is 2.34. The second kappa shape index (κ2) is 5.72. The van der Waals surface area contributed by atoms with Crippen LogP contribution in [0.4, 0.5) is 0 Å². The largest absolute Gasteiger partial charge is 0.390 e. The van der Waals surface area contributed by atoms with Crippen LogP contribution in [-0.4, -0.2) is 59.5 Å². The number of hydrogen-bond donors (Lipinski definition) is 1. The molecule has 0 amide bonds. The molecule has 0 radical (unpaired) electrons. The Hall–Kier alpha value is -0.890. The molecule has 1 N–H and O–H groups in total. The highest BCUT2D eigenvalue weighted by Crippen LogP contribution is 2.26. The summed E-state index contributed by atoms with van der Waals surface area (Å²) in [6.07, 6.45) is 4.73. The van der Waals surface area contributed by atoms with Gasteiger partial charge in [-0.1, -0.05) is 0 Å². The van der Waals surface area contributed by atoms with E-state index in [1.165, 1.54) is 6.42 Å². The Bertz CT molecular complexity index is 611. The Kier molecular flexibility index (Phi) is 4.09. The SMILES string of the molecule is Cn1cc(S(=O)(=O)N2CCCN3CCCC3C2)cc1CO. The molecule has 7 heteroatoms. The van der Waals surface area contributed by atoms with Gasteiger partial charge in [-0.25, -0.2) is 8.42 Å². The van der Waals surface area contributed by atoms with Crippen LogP contribution in [0.5, 0.6) is 0 Å². The van der Waals surface area contributed by atoms with Crippen LogP contribution < -0.4 is 0 Å². The van der Waals surface area contributed by atoms with E-state index >= 15 is 0 Å². The molecule has 0 spiro atoms. The van der Waals surface area contributed by atoms with Gasteiger partial charge in [0.2, 0.25) is 10.0 Å². The topological polar surface area (TPSA) is 65.8 Å². The maximum absolute atomic E-state index is 12.8. The van der Waals surface area contributed by atoms with E-state index in [9.17, 15) is 13.5 Å². The first-order valence-electron chi connectivity index (χ1n) is 7.52. The predicted molar refractivity (Wildman–Crippen MR) is 79.3 cm³/mol. The normalized spacial score (nSPS) is 25.0. The molecule has 1 atom stereocenters. The summed E-state index contributed by atoms with van der Waals surface area (Å²) < 4.78 is 28.9. The van der Waals surface area contributed by atoms with E-state index in [1.54, 1.807) is 28.2 Å². The molecule has 118 valence electrons. The zero-order valence-electron chi connectivity index (χ0n) is 12.4. The Morgan fingerprint density at radius 3 is 2.76 bits per heavy atom. The van der Waals surface area contributed by atoms with Gasteiger partial charge in [-0.3, -0.25) is 4.90 Å². The van der Waals surface area contributed by atoms with E-state index in [4.69, 9.17) is 0 Å². The quantitative estimate of drug-likeness (QED) is 0.876. The molecule has 1 unspecified atom stereocenters. The monoisotopic (exact) mass is 313 g/mol. The number of fused-ring (bicyclic) bond motifs is 1. The molecule has 0 saturated carbocycles. The maximum Gasteiger partial charge on any atom is 0.244 e. The van der Waals surface area contributed by atoms with E-state index in [1.807, 2.05) is 0 Å². The van der Waals surface area contributed by atoms with Crippen LogP contribution >= 0.6 is 0 Å². The van der Waals surface area contributed by atoms with E-state index in [2.05, 4.69) is 4.90 Å². The van der Waals surface area contributed by atoms with Gasteiger partial charge in [-0.05, 0) is 38.4 Å². The Labute approximate surface area is 126 Å². The smallest absolute Gasteiger partial charge is 0.244 e. The van der Waals surface area contributed by atoms with Crippen LogP contribution in [0.3, 0.4) is 0 Å². The highest BCUT2D eigenvalue weighted by atomic mass is 32.2. The van der Waals surface area contributed by atoms with Crippen molar-refractivity contribution < 1.29 is 13.5 Å². The van der Waals surface area contributed by atoms with E-state index < -0.39 is 10.0 Å². The molecule has 6 nitrogen and oxygen atoms in total. The van der Waals surface area contributed by atoms with Crippen LogP contribution in [0.1, 0.15) is 25.0 Å². The third kappa shape index (κ3) is 2.75. The minimum Gasteiger partial charge on any atom is -0.390 e. The highest BCUT2D eigenvalue weighted by molar-refractivity contribution is 7.89. The summed E-state index contributed by atoms with van der Waals surface area (Å²) in [5.41, 5.74) is 0.617. The van der Waals surface area contributed by atoms with Crippen molar-refractivity contribution in [2.24, 2.45) is 7.05 Å². The van der Waals surface area contributed by atoms with Gasteiger partial charge in [0.05, 0.1) is 6.61 Å². The van der Waals surface area contributed by atoms with Crippen LogP contribution in [0.25, 0.3) is 0 Å². The summed E-state index contributed by atoms with van der Waals surface area (Å²) in [5, 5.41) is 9.24. The van der Waals surface area contributed by atoms with Gasteiger partial charge in [0.25, 0.3) is 0 Å². The minimum absolute atomic E-state index is 0.150. The van der Waals surface area contributed by atoms with Crippen molar-refractivity contribution >= 4 is 10.0 Å². The first-order valence-corrected chi connectivity index (χ1v) is 8.96. The van der Waals surface area contributed by atoms with Crippen molar-refractivity contribution in [3.63, 3.8) is 0 Å². The molecule has 1 aromatic rings. The summed E-state index contributed by atoms with van der Waals surface area (Å²) in [7, 11) is -1.71. The fraction of sp³-hybridized carbons (Fsp3) is 0.714. The van der Waals surface area contributed by atoms with Gasteiger partial charge in [0.1, 0.15) is 4.90 Å². The van der Waals surface area contributed by atoms with Crippen molar-refractivity contribution in [3.05, 3.63) is 18.0 Å². The molecular formula is C14H23N3O3S. The van der Waals surface area contributed by atoms with Crippen molar-refractivity contribution in [3.8, 4) is 0 Å². The molecule has 2 aliphatic rings. The van der Waals surface area contributed by atoms with Crippen molar-refractivity contribution in [2.45, 2.75) is 36.8 Å². The molecule has 3 heterocycles.